The number of sulfonamides is 1. The Morgan fingerprint density at radius 3 is 2.47 bits per heavy atom. The van der Waals surface area contributed by atoms with Gasteiger partial charge in [0.1, 0.15) is 5.84 Å². The van der Waals surface area contributed by atoms with Crippen molar-refractivity contribution in [2.45, 2.75) is 17.7 Å². The number of hydrogen-bond acceptors (Lipinski definition) is 6. The summed E-state index contributed by atoms with van der Waals surface area (Å²) in [7, 11) is -2.13. The summed E-state index contributed by atoms with van der Waals surface area (Å²) in [6, 6.07) is 13.2. The molecule has 1 heterocycles. The van der Waals surface area contributed by atoms with Crippen molar-refractivity contribution in [1.82, 2.24) is 9.62 Å². The van der Waals surface area contributed by atoms with E-state index in [1.807, 2.05) is 18.2 Å². The molecule has 1 aliphatic rings. The Kier molecular flexibility index (Phi) is 7.99. The normalized spacial score (nSPS) is 13.5. The van der Waals surface area contributed by atoms with Gasteiger partial charge in [0.15, 0.2) is 0 Å². The van der Waals surface area contributed by atoms with Crippen molar-refractivity contribution in [2.75, 3.05) is 37.3 Å². The molecule has 0 saturated carbocycles. The molecular formula is C21H24BrN5O4S. The van der Waals surface area contributed by atoms with Crippen molar-refractivity contribution >= 4 is 55.0 Å². The number of amides is 2. The molecule has 0 fully saturated rings. The van der Waals surface area contributed by atoms with Crippen molar-refractivity contribution in [3.05, 3.63) is 53.0 Å². The summed E-state index contributed by atoms with van der Waals surface area (Å²) in [6.45, 7) is 0.576. The summed E-state index contributed by atoms with van der Waals surface area (Å²) in [5, 5.41) is 5.44. The van der Waals surface area contributed by atoms with Crippen LogP contribution in [-0.2, 0) is 19.6 Å². The van der Waals surface area contributed by atoms with Crippen LogP contribution >= 0.6 is 15.9 Å². The zero-order valence-electron chi connectivity index (χ0n) is 17.5. The molecule has 32 heavy (non-hydrogen) atoms. The van der Waals surface area contributed by atoms with Crippen LogP contribution in [0.4, 0.5) is 11.4 Å². The maximum absolute atomic E-state index is 12.5. The maximum Gasteiger partial charge on any atom is 0.262 e. The number of nitrogens with zero attached hydrogens (tertiary/aromatic N) is 2. The summed E-state index contributed by atoms with van der Waals surface area (Å²) < 4.78 is 28.3. The highest BCUT2D eigenvalue weighted by Crippen LogP contribution is 2.21. The van der Waals surface area contributed by atoms with Gasteiger partial charge in [0.25, 0.3) is 10.0 Å². The molecule has 3 rings (SSSR count). The molecular weight excluding hydrogens is 498 g/mol. The van der Waals surface area contributed by atoms with E-state index >= 15 is 0 Å². The van der Waals surface area contributed by atoms with E-state index in [4.69, 9.17) is 0 Å². The molecule has 0 bridgehead atoms. The number of para-hydroxylation sites is 1. The molecule has 0 atom stereocenters. The molecule has 3 N–H and O–H groups in total. The second-order valence-corrected chi connectivity index (χ2v) is 9.85. The maximum atomic E-state index is 12.5. The first-order chi connectivity index (χ1) is 15.2. The van der Waals surface area contributed by atoms with Gasteiger partial charge in [0.05, 0.1) is 23.7 Å². The number of anilines is 2. The predicted molar refractivity (Wildman–Crippen MR) is 127 cm³/mol. The Labute approximate surface area is 195 Å². The highest BCUT2D eigenvalue weighted by molar-refractivity contribution is 9.10. The van der Waals surface area contributed by atoms with Crippen LogP contribution in [0.2, 0.25) is 0 Å². The molecule has 0 unspecified atom stereocenters. The zero-order chi connectivity index (χ0) is 23.1. The number of aliphatic imine (C=N–C) groups is 1. The molecule has 0 aromatic heterocycles. The Morgan fingerprint density at radius 2 is 1.78 bits per heavy atom. The van der Waals surface area contributed by atoms with Crippen molar-refractivity contribution in [3.8, 4) is 0 Å². The van der Waals surface area contributed by atoms with Crippen molar-refractivity contribution in [2.24, 2.45) is 4.99 Å². The molecule has 0 aliphatic carbocycles. The van der Waals surface area contributed by atoms with Crippen molar-refractivity contribution in [3.63, 3.8) is 0 Å². The van der Waals surface area contributed by atoms with Gasteiger partial charge >= 0.3 is 0 Å². The van der Waals surface area contributed by atoms with Crippen LogP contribution in [-0.4, -0.2) is 57.6 Å². The fraction of sp³-hybridized carbons (Fsp3) is 0.286. The van der Waals surface area contributed by atoms with Gasteiger partial charge in [-0.3, -0.25) is 24.2 Å². The van der Waals surface area contributed by atoms with Crippen LogP contribution in [0.15, 0.2) is 62.9 Å². The fourth-order valence-electron chi connectivity index (χ4n) is 3.08. The van der Waals surface area contributed by atoms with E-state index in [1.165, 1.54) is 12.1 Å². The van der Waals surface area contributed by atoms with Crippen LogP contribution in [0.5, 0.6) is 0 Å². The number of likely N-dealkylation sites (N-methyl/N-ethyl adjacent to an activating group) is 1. The van der Waals surface area contributed by atoms with E-state index in [0.29, 0.717) is 30.2 Å². The third kappa shape index (κ3) is 6.87. The molecule has 11 heteroatoms. The summed E-state index contributed by atoms with van der Waals surface area (Å²) in [4.78, 5) is 30.3. The van der Waals surface area contributed by atoms with Crippen molar-refractivity contribution < 1.29 is 18.0 Å². The van der Waals surface area contributed by atoms with E-state index in [9.17, 15) is 18.0 Å². The lowest BCUT2D eigenvalue weighted by Gasteiger charge is -2.16. The van der Waals surface area contributed by atoms with E-state index in [-0.39, 0.29) is 29.8 Å². The number of amidine groups is 1. The third-order valence-corrected chi connectivity index (χ3v) is 6.60. The van der Waals surface area contributed by atoms with E-state index < -0.39 is 10.0 Å². The van der Waals surface area contributed by atoms with Gasteiger partial charge in [0, 0.05) is 23.1 Å². The minimum Gasteiger partial charge on any atom is -0.325 e. The number of rotatable bonds is 8. The minimum atomic E-state index is -3.77. The molecule has 170 valence electrons. The number of nitrogens with one attached hydrogen (secondary N) is 3. The first-order valence-corrected chi connectivity index (χ1v) is 12.2. The lowest BCUT2D eigenvalue weighted by atomic mass is 10.3. The van der Waals surface area contributed by atoms with Crippen LogP contribution in [0.1, 0.15) is 12.8 Å². The quantitative estimate of drug-likeness (QED) is 0.492. The average molecular weight is 522 g/mol. The molecule has 0 radical (unpaired) electrons. The second kappa shape index (κ2) is 10.7. The summed E-state index contributed by atoms with van der Waals surface area (Å²) >= 11 is 3.37. The topological polar surface area (TPSA) is 120 Å². The Bertz CT molecular complexity index is 1140. The zero-order valence-corrected chi connectivity index (χ0v) is 19.9. The lowest BCUT2D eigenvalue weighted by Crippen LogP contribution is -2.36. The largest absolute Gasteiger partial charge is 0.325 e. The molecule has 1 aliphatic heterocycles. The van der Waals surface area contributed by atoms with Crippen molar-refractivity contribution in [1.29, 1.82) is 0 Å². The summed E-state index contributed by atoms with van der Waals surface area (Å²) in [5.41, 5.74) is 0.989. The van der Waals surface area contributed by atoms with Crippen LogP contribution in [0.3, 0.4) is 0 Å². The first kappa shape index (κ1) is 23.9. The molecule has 2 aromatic carbocycles. The van der Waals surface area contributed by atoms with Gasteiger partial charge in [-0.05, 0) is 59.7 Å². The Balaban J connectivity index is 1.53. The lowest BCUT2D eigenvalue weighted by molar-refractivity contribution is -0.119. The standard InChI is InChI=1S/C21H24BrN5O4S/c1-27(14-21(29)25-18-9-3-2-8-17(18)22)13-20(28)24-15-6-4-7-16(12-15)32(30,31)26-19-10-5-11-23-19/h2-4,6-9,12H,5,10-11,13-14H2,1H3,(H,23,26)(H,24,28)(H,25,29). The van der Waals surface area contributed by atoms with Gasteiger partial charge in [0.2, 0.25) is 11.8 Å². The second-order valence-electron chi connectivity index (χ2n) is 7.31. The fourth-order valence-corrected chi connectivity index (χ4v) is 4.60. The SMILES string of the molecule is CN(CC(=O)Nc1cccc(S(=O)(=O)NC2=NCCC2)c1)CC(=O)Nc1ccccc1Br. The number of carbonyl (C=O) groups is 2. The highest BCUT2D eigenvalue weighted by atomic mass is 79.9. The van der Waals surface area contributed by atoms with Crippen LogP contribution in [0, 0.1) is 0 Å². The molecule has 0 spiro atoms. The van der Waals surface area contributed by atoms with Crippen LogP contribution in [0.25, 0.3) is 0 Å². The smallest absolute Gasteiger partial charge is 0.262 e. The number of carbonyl (C=O) groups excluding carboxylic acids is 2. The molecule has 9 nitrogen and oxygen atoms in total. The molecule has 2 aromatic rings. The average Bonchev–Trinajstić information content (AvgIpc) is 3.22. The van der Waals surface area contributed by atoms with E-state index in [2.05, 4.69) is 36.3 Å². The van der Waals surface area contributed by atoms with E-state index in [0.717, 1.165) is 10.9 Å². The van der Waals surface area contributed by atoms with Gasteiger partial charge in [-0.25, -0.2) is 8.42 Å². The van der Waals surface area contributed by atoms with Crippen LogP contribution < -0.4 is 15.4 Å². The monoisotopic (exact) mass is 521 g/mol. The minimum absolute atomic E-state index is 0.00913. The Hall–Kier alpha value is -2.76. The van der Waals surface area contributed by atoms with Gasteiger partial charge in [-0.15, -0.1) is 0 Å². The predicted octanol–water partition coefficient (Wildman–Crippen LogP) is 2.43. The van der Waals surface area contributed by atoms with Gasteiger partial charge in [-0.1, -0.05) is 18.2 Å². The molecule has 2 amide bonds. The van der Waals surface area contributed by atoms with E-state index in [1.54, 1.807) is 30.1 Å². The number of hydrogen-bond donors (Lipinski definition) is 3. The summed E-state index contributed by atoms with van der Waals surface area (Å²) in [5.74, 6) is -0.188. The first-order valence-electron chi connectivity index (χ1n) is 9.92. The molecule has 0 saturated heterocycles. The summed E-state index contributed by atoms with van der Waals surface area (Å²) in [6.07, 6.45) is 1.42. The number of benzene rings is 2. The number of halogens is 1. The van der Waals surface area contributed by atoms with Gasteiger partial charge < -0.3 is 10.6 Å². The highest BCUT2D eigenvalue weighted by Gasteiger charge is 2.19. The van der Waals surface area contributed by atoms with Gasteiger partial charge in [-0.2, -0.15) is 0 Å². The Morgan fingerprint density at radius 1 is 1.06 bits per heavy atom. The third-order valence-electron chi connectivity index (χ3n) is 4.53.